The maximum absolute atomic E-state index is 12.8. The number of carbonyl (C=O) groups excluding carboxylic acids is 1. The second-order valence-electron chi connectivity index (χ2n) is 20.2. The molecule has 0 aromatic rings. The molecule has 0 saturated heterocycles. The van der Waals surface area contributed by atoms with E-state index in [1.807, 2.05) is 13.8 Å². The molecule has 0 radical (unpaired) electrons. The number of esters is 1. The number of ether oxygens (including phenoxy) is 2. The standard InChI is InChI=1S/C42H74O5Si2/c1-29-32(26-33(46-48(15,16)39(6,7)8)27-36(29)47-49(17,18)40(9,10)11)22-21-31-20-19-25-42(14)34(23-24-35(31)42)30(2)44-28-37(43)45-41(12,13)38(3,4)5/h21-23,30,33,35-36H,1,19-20,24-28H2,2-18H3/t30-,33+,35-,36-,42+/m0/s1. The van der Waals surface area contributed by atoms with Crippen LogP contribution < -0.4 is 0 Å². The monoisotopic (exact) mass is 715 g/mol. The Balaban J connectivity index is 1.82. The molecule has 0 unspecified atom stereocenters. The van der Waals surface area contributed by atoms with Crippen LogP contribution in [0.1, 0.15) is 129 Å². The predicted molar refractivity (Wildman–Crippen MR) is 212 cm³/mol. The maximum atomic E-state index is 12.8. The molecule has 0 aromatic carbocycles. The average molecular weight is 715 g/mol. The largest absolute Gasteiger partial charge is 0.457 e. The van der Waals surface area contributed by atoms with Crippen LogP contribution in [0.4, 0.5) is 0 Å². The molecule has 0 heterocycles. The lowest BCUT2D eigenvalue weighted by atomic mass is 9.63. The number of hydrogen-bond donors (Lipinski definition) is 0. The summed E-state index contributed by atoms with van der Waals surface area (Å²) in [6.45, 7) is 42.6. The highest BCUT2D eigenvalue weighted by molar-refractivity contribution is 6.74. The fourth-order valence-corrected chi connectivity index (χ4v) is 9.67. The van der Waals surface area contributed by atoms with Gasteiger partial charge >= 0.3 is 5.97 Å². The normalized spacial score (nSPS) is 28.5. The summed E-state index contributed by atoms with van der Waals surface area (Å²) in [4.78, 5) is 12.8. The minimum absolute atomic E-state index is 0.0160. The molecular formula is C42H74O5Si2. The van der Waals surface area contributed by atoms with Gasteiger partial charge in [0.2, 0.25) is 0 Å². The SMILES string of the molecule is C=C1C(=CC=C2CCC[C@]3(C)C([C@H](C)OCC(=O)OC(C)(C)C(C)(C)C)=CC[C@@H]23)C[C@@H](O[Si](C)(C)C(C)(C)C)C[C@@H]1O[Si](C)(C)C(C)(C)C. The molecule has 0 aromatic heterocycles. The summed E-state index contributed by atoms with van der Waals surface area (Å²) < 4.78 is 26.2. The first kappa shape index (κ1) is 42.2. The van der Waals surface area contributed by atoms with Gasteiger partial charge in [0.05, 0.1) is 18.3 Å². The van der Waals surface area contributed by atoms with Crippen molar-refractivity contribution in [2.45, 2.75) is 189 Å². The highest BCUT2D eigenvalue weighted by Gasteiger charge is 2.48. The van der Waals surface area contributed by atoms with E-state index in [1.54, 1.807) is 0 Å². The fraction of sp³-hybridized carbons (Fsp3) is 0.786. The first-order chi connectivity index (χ1) is 22.0. The van der Waals surface area contributed by atoms with Gasteiger partial charge < -0.3 is 18.3 Å². The average Bonchev–Trinajstić information content (AvgIpc) is 3.27. The molecule has 3 aliphatic rings. The van der Waals surface area contributed by atoms with Crippen molar-refractivity contribution in [2.24, 2.45) is 16.7 Å². The van der Waals surface area contributed by atoms with Gasteiger partial charge in [-0.25, -0.2) is 4.79 Å². The van der Waals surface area contributed by atoms with E-state index in [0.717, 1.165) is 44.1 Å². The quantitative estimate of drug-likeness (QED) is 0.128. The summed E-state index contributed by atoms with van der Waals surface area (Å²) >= 11 is 0. The Hall–Kier alpha value is -1.26. The molecule has 280 valence electrons. The zero-order valence-electron chi connectivity index (χ0n) is 34.7. The van der Waals surface area contributed by atoms with Gasteiger partial charge in [-0.05, 0) is 117 Å². The van der Waals surface area contributed by atoms with E-state index in [-0.39, 0.29) is 51.8 Å². The number of rotatable bonds is 10. The number of allylic oxidation sites excluding steroid dienone is 4. The molecule has 3 aliphatic carbocycles. The predicted octanol–water partition coefficient (Wildman–Crippen LogP) is 11.9. The van der Waals surface area contributed by atoms with Gasteiger partial charge in [0.25, 0.3) is 0 Å². The first-order valence-electron chi connectivity index (χ1n) is 19.0. The first-order valence-corrected chi connectivity index (χ1v) is 24.8. The second-order valence-corrected chi connectivity index (χ2v) is 29.7. The van der Waals surface area contributed by atoms with Gasteiger partial charge in [-0.1, -0.05) is 99.6 Å². The van der Waals surface area contributed by atoms with Crippen molar-refractivity contribution in [1.29, 1.82) is 0 Å². The van der Waals surface area contributed by atoms with Crippen molar-refractivity contribution in [3.05, 3.63) is 47.1 Å². The van der Waals surface area contributed by atoms with Gasteiger partial charge in [0.1, 0.15) is 12.2 Å². The smallest absolute Gasteiger partial charge is 0.332 e. The summed E-state index contributed by atoms with van der Waals surface area (Å²) in [6.07, 6.45) is 13.3. The highest BCUT2D eigenvalue weighted by atomic mass is 28.4. The van der Waals surface area contributed by atoms with Crippen LogP contribution in [0.2, 0.25) is 36.3 Å². The van der Waals surface area contributed by atoms with E-state index in [1.165, 1.54) is 16.7 Å². The highest BCUT2D eigenvalue weighted by Crippen LogP contribution is 2.56. The minimum atomic E-state index is -2.02. The molecule has 0 N–H and O–H groups in total. The lowest BCUT2D eigenvalue weighted by Gasteiger charge is -2.45. The zero-order chi connectivity index (χ0) is 37.6. The van der Waals surface area contributed by atoms with Crippen molar-refractivity contribution in [3.8, 4) is 0 Å². The molecule has 0 spiro atoms. The van der Waals surface area contributed by atoms with Crippen molar-refractivity contribution in [2.75, 3.05) is 6.61 Å². The number of carbonyl (C=O) groups is 1. The lowest BCUT2D eigenvalue weighted by Crippen LogP contribution is -2.49. The summed E-state index contributed by atoms with van der Waals surface area (Å²) in [5, 5.41) is 0.267. The molecule has 5 nitrogen and oxygen atoms in total. The van der Waals surface area contributed by atoms with Gasteiger partial charge in [-0.3, -0.25) is 0 Å². The Bertz CT molecular complexity index is 1310. The third-order valence-corrected chi connectivity index (χ3v) is 22.4. The fourth-order valence-electron chi connectivity index (χ4n) is 7.00. The number of fused-ring (bicyclic) bond motifs is 1. The van der Waals surface area contributed by atoms with Crippen LogP contribution in [-0.2, 0) is 23.1 Å². The van der Waals surface area contributed by atoms with Crippen LogP contribution in [0, 0.1) is 16.7 Å². The van der Waals surface area contributed by atoms with Crippen LogP contribution >= 0.6 is 0 Å². The molecule has 5 atom stereocenters. The van der Waals surface area contributed by atoms with Crippen LogP contribution in [0.5, 0.6) is 0 Å². The van der Waals surface area contributed by atoms with Crippen molar-refractivity contribution >= 4 is 22.6 Å². The van der Waals surface area contributed by atoms with E-state index < -0.39 is 22.2 Å². The molecule has 49 heavy (non-hydrogen) atoms. The summed E-state index contributed by atoms with van der Waals surface area (Å²) in [5.74, 6) is 0.128. The Morgan fingerprint density at radius 1 is 0.959 bits per heavy atom. The van der Waals surface area contributed by atoms with Gasteiger partial charge in [0.15, 0.2) is 16.6 Å². The Kier molecular flexibility index (Phi) is 12.6. The van der Waals surface area contributed by atoms with Crippen LogP contribution in [-0.4, -0.2) is 53.1 Å². The van der Waals surface area contributed by atoms with Crippen molar-refractivity contribution in [1.82, 2.24) is 0 Å². The van der Waals surface area contributed by atoms with E-state index >= 15 is 0 Å². The minimum Gasteiger partial charge on any atom is -0.457 e. The maximum Gasteiger partial charge on any atom is 0.332 e. The summed E-state index contributed by atoms with van der Waals surface area (Å²) in [6, 6.07) is 0. The van der Waals surface area contributed by atoms with Gasteiger partial charge in [-0.15, -0.1) is 0 Å². The number of hydrogen-bond acceptors (Lipinski definition) is 5. The Labute approximate surface area is 304 Å². The van der Waals surface area contributed by atoms with E-state index in [2.05, 4.69) is 127 Å². The third-order valence-electron chi connectivity index (χ3n) is 13.4. The van der Waals surface area contributed by atoms with Gasteiger partial charge in [-0.2, -0.15) is 0 Å². The molecule has 2 saturated carbocycles. The van der Waals surface area contributed by atoms with Crippen LogP contribution in [0.3, 0.4) is 0 Å². The van der Waals surface area contributed by atoms with Crippen molar-refractivity contribution in [3.63, 3.8) is 0 Å². The third kappa shape index (κ3) is 9.60. The van der Waals surface area contributed by atoms with E-state index in [0.29, 0.717) is 5.92 Å². The van der Waals surface area contributed by atoms with E-state index in [9.17, 15) is 4.79 Å². The van der Waals surface area contributed by atoms with E-state index in [4.69, 9.17) is 18.3 Å². The summed E-state index contributed by atoms with van der Waals surface area (Å²) in [5.41, 5.74) is 4.52. The summed E-state index contributed by atoms with van der Waals surface area (Å²) in [7, 11) is -3.99. The van der Waals surface area contributed by atoms with Gasteiger partial charge in [0, 0.05) is 11.8 Å². The molecule has 0 bridgehead atoms. The Morgan fingerprint density at radius 2 is 1.53 bits per heavy atom. The Morgan fingerprint density at radius 3 is 2.08 bits per heavy atom. The van der Waals surface area contributed by atoms with Crippen molar-refractivity contribution < 1.29 is 23.1 Å². The molecular weight excluding hydrogens is 641 g/mol. The topological polar surface area (TPSA) is 54.0 Å². The zero-order valence-corrected chi connectivity index (χ0v) is 36.7. The van der Waals surface area contributed by atoms with Crippen LogP contribution in [0.15, 0.2) is 47.1 Å². The molecule has 2 fully saturated rings. The second kappa shape index (κ2) is 14.6. The molecule has 0 amide bonds. The van der Waals surface area contributed by atoms with Crippen LogP contribution in [0.25, 0.3) is 0 Å². The lowest BCUT2D eigenvalue weighted by molar-refractivity contribution is -0.173. The molecule has 7 heteroatoms. The molecule has 3 rings (SSSR count). The molecule has 0 aliphatic heterocycles.